The molecular formula is C40H26LaO5+3. The molecular weight excluding hydrogens is 699 g/mol. The fraction of sp³-hybridized carbons (Fsp3) is 0. The smallest absolute Gasteiger partial charge is 0.507 e. The van der Waals surface area contributed by atoms with Crippen LogP contribution in [-0.2, 0) is 0 Å². The van der Waals surface area contributed by atoms with E-state index in [0.717, 1.165) is 43.1 Å². The van der Waals surface area contributed by atoms with Crippen LogP contribution in [0.15, 0.2) is 133 Å². The SMILES string of the molecule is Oc1ccc2ccccc2c1-c1c(O)c(Oc2cc3ccccc3c(-c3c(O)ccc4ccccc34)c2O)cc2ccccc12.[La+3]. The van der Waals surface area contributed by atoms with Crippen LogP contribution < -0.4 is 4.74 Å². The zero-order chi connectivity index (χ0) is 30.7. The second-order valence-electron chi connectivity index (χ2n) is 11.1. The summed E-state index contributed by atoms with van der Waals surface area (Å²) in [5, 5.41) is 52.5. The zero-order valence-electron chi connectivity index (χ0n) is 24.5. The van der Waals surface area contributed by atoms with E-state index in [1.165, 1.54) is 0 Å². The van der Waals surface area contributed by atoms with Crippen molar-refractivity contribution < 1.29 is 60.8 Å². The number of aromatic hydroxyl groups is 4. The van der Waals surface area contributed by atoms with Crippen LogP contribution in [0.1, 0.15) is 0 Å². The minimum Gasteiger partial charge on any atom is -0.507 e. The third-order valence-electron chi connectivity index (χ3n) is 8.51. The van der Waals surface area contributed by atoms with Gasteiger partial charge in [0, 0.05) is 22.3 Å². The van der Waals surface area contributed by atoms with Crippen molar-refractivity contribution in [3.8, 4) is 56.8 Å². The summed E-state index contributed by atoms with van der Waals surface area (Å²) >= 11 is 0. The molecule has 8 aromatic rings. The van der Waals surface area contributed by atoms with Crippen molar-refractivity contribution in [1.29, 1.82) is 0 Å². The maximum atomic E-state index is 11.9. The first-order valence-electron chi connectivity index (χ1n) is 14.6. The van der Waals surface area contributed by atoms with Gasteiger partial charge in [0.1, 0.15) is 11.5 Å². The van der Waals surface area contributed by atoms with Crippen molar-refractivity contribution in [3.05, 3.63) is 133 Å². The predicted octanol–water partition coefficient (Wildman–Crippen LogP) is 10.2. The Morgan fingerprint density at radius 2 is 0.674 bits per heavy atom. The van der Waals surface area contributed by atoms with Gasteiger partial charge in [0.25, 0.3) is 0 Å². The van der Waals surface area contributed by atoms with E-state index in [1.54, 1.807) is 24.3 Å². The fourth-order valence-electron chi connectivity index (χ4n) is 6.45. The van der Waals surface area contributed by atoms with Crippen molar-refractivity contribution in [2.24, 2.45) is 0 Å². The molecule has 8 rings (SSSR count). The van der Waals surface area contributed by atoms with Gasteiger partial charge in [-0.25, -0.2) is 0 Å². The molecule has 0 aliphatic carbocycles. The summed E-state index contributed by atoms with van der Waals surface area (Å²) in [5.74, 6) is -0.100. The Hall–Kier alpha value is -5.01. The molecule has 0 aromatic heterocycles. The molecule has 0 saturated carbocycles. The Bertz CT molecular complexity index is 2300. The van der Waals surface area contributed by atoms with Crippen LogP contribution in [0.25, 0.3) is 65.3 Å². The first-order chi connectivity index (χ1) is 22.0. The van der Waals surface area contributed by atoms with Crippen LogP contribution in [0.4, 0.5) is 0 Å². The van der Waals surface area contributed by atoms with Crippen molar-refractivity contribution >= 4 is 43.1 Å². The van der Waals surface area contributed by atoms with Crippen molar-refractivity contribution in [2.75, 3.05) is 0 Å². The molecule has 0 aliphatic heterocycles. The molecule has 6 heteroatoms. The fourth-order valence-corrected chi connectivity index (χ4v) is 6.45. The van der Waals surface area contributed by atoms with E-state index in [2.05, 4.69) is 0 Å². The molecule has 0 atom stereocenters. The topological polar surface area (TPSA) is 90.2 Å². The number of fused-ring (bicyclic) bond motifs is 4. The molecule has 0 aliphatic rings. The number of phenolic OH excluding ortho intramolecular Hbond substituents is 4. The van der Waals surface area contributed by atoms with Crippen LogP contribution in [0.2, 0.25) is 0 Å². The zero-order valence-corrected chi connectivity index (χ0v) is 28.1. The summed E-state index contributed by atoms with van der Waals surface area (Å²) in [4.78, 5) is 0. The van der Waals surface area contributed by atoms with E-state index >= 15 is 0 Å². The average Bonchev–Trinajstić information content (AvgIpc) is 3.07. The first kappa shape index (κ1) is 29.7. The summed E-state index contributed by atoms with van der Waals surface area (Å²) in [7, 11) is 0. The molecule has 0 heterocycles. The number of ether oxygens (including phenoxy) is 1. The number of benzene rings is 8. The maximum absolute atomic E-state index is 11.9. The Morgan fingerprint density at radius 3 is 1.07 bits per heavy atom. The van der Waals surface area contributed by atoms with Gasteiger partial charge in [-0.15, -0.1) is 0 Å². The van der Waals surface area contributed by atoms with E-state index in [0.29, 0.717) is 22.3 Å². The van der Waals surface area contributed by atoms with Crippen molar-refractivity contribution in [1.82, 2.24) is 0 Å². The Kier molecular flexibility index (Phi) is 7.57. The van der Waals surface area contributed by atoms with Gasteiger partial charge in [-0.05, 0) is 67.4 Å². The van der Waals surface area contributed by atoms with Gasteiger partial charge in [-0.2, -0.15) is 0 Å². The number of hydrogen-bond donors (Lipinski definition) is 4. The third kappa shape index (κ3) is 4.74. The molecule has 0 bridgehead atoms. The largest absolute Gasteiger partial charge is 3.00 e. The van der Waals surface area contributed by atoms with Gasteiger partial charge in [0.15, 0.2) is 23.0 Å². The number of rotatable bonds is 4. The molecule has 0 spiro atoms. The minimum absolute atomic E-state index is 0. The number of hydrogen-bond acceptors (Lipinski definition) is 5. The standard InChI is InChI=1S/C40H26O5.La/c41-31-19-17-23-9-1-5-13-27(23)35(31)37-29-15-7-3-11-25(29)21-33(39(37)43)45-34-22-26-12-4-8-16-30(26)38(40(34)44)36-28-14-6-2-10-24(28)18-20-32(36)42;/h1-22,41-44H;/q;+3. The molecule has 8 aromatic carbocycles. The summed E-state index contributed by atoms with van der Waals surface area (Å²) in [6.45, 7) is 0. The maximum Gasteiger partial charge on any atom is 3.00 e. The van der Waals surface area contributed by atoms with Gasteiger partial charge in [0.2, 0.25) is 0 Å². The van der Waals surface area contributed by atoms with E-state index in [1.807, 2.05) is 109 Å². The van der Waals surface area contributed by atoms with Crippen LogP contribution in [-0.4, -0.2) is 20.4 Å². The molecule has 5 nitrogen and oxygen atoms in total. The molecule has 0 radical (unpaired) electrons. The van der Waals surface area contributed by atoms with Gasteiger partial charge < -0.3 is 25.2 Å². The summed E-state index contributed by atoms with van der Waals surface area (Å²) < 4.78 is 6.42. The van der Waals surface area contributed by atoms with Gasteiger partial charge in [-0.1, -0.05) is 109 Å². The Balaban J connectivity index is 0.00000338. The second-order valence-corrected chi connectivity index (χ2v) is 11.1. The molecule has 46 heavy (non-hydrogen) atoms. The summed E-state index contributed by atoms with van der Waals surface area (Å²) in [6, 6.07) is 40.9. The number of phenols is 4. The van der Waals surface area contributed by atoms with E-state index in [9.17, 15) is 20.4 Å². The Morgan fingerprint density at radius 1 is 0.348 bits per heavy atom. The van der Waals surface area contributed by atoms with Gasteiger partial charge in [0.05, 0.1) is 0 Å². The van der Waals surface area contributed by atoms with E-state index in [4.69, 9.17) is 4.74 Å². The van der Waals surface area contributed by atoms with Crippen LogP contribution in [0.3, 0.4) is 0 Å². The molecule has 4 N–H and O–H groups in total. The van der Waals surface area contributed by atoms with Crippen LogP contribution >= 0.6 is 0 Å². The normalized spacial score (nSPS) is 11.2. The minimum atomic E-state index is -0.178. The van der Waals surface area contributed by atoms with Crippen molar-refractivity contribution in [2.45, 2.75) is 0 Å². The third-order valence-corrected chi connectivity index (χ3v) is 8.51. The average molecular weight is 726 g/mol. The van der Waals surface area contributed by atoms with Crippen molar-refractivity contribution in [3.63, 3.8) is 0 Å². The Labute approximate surface area is 292 Å². The van der Waals surface area contributed by atoms with Crippen LogP contribution in [0, 0.1) is 35.6 Å². The summed E-state index contributed by atoms with van der Waals surface area (Å²) in [6.07, 6.45) is 0. The van der Waals surface area contributed by atoms with E-state index < -0.39 is 0 Å². The molecule has 0 amide bonds. The van der Waals surface area contributed by atoms with Crippen LogP contribution in [0.5, 0.6) is 34.5 Å². The van der Waals surface area contributed by atoms with Gasteiger partial charge >= 0.3 is 35.6 Å². The monoisotopic (exact) mass is 725 g/mol. The predicted molar refractivity (Wildman–Crippen MR) is 181 cm³/mol. The molecule has 0 fully saturated rings. The summed E-state index contributed by atoms with van der Waals surface area (Å²) in [5.41, 5.74) is 1.81. The molecule has 0 unspecified atom stereocenters. The second kappa shape index (κ2) is 11.7. The molecule has 0 saturated heterocycles. The molecule has 216 valence electrons. The van der Waals surface area contributed by atoms with Gasteiger partial charge in [-0.3, -0.25) is 0 Å². The first-order valence-corrected chi connectivity index (χ1v) is 14.6. The quantitative estimate of drug-likeness (QED) is 0.145. The van der Waals surface area contributed by atoms with E-state index in [-0.39, 0.29) is 70.1 Å².